The van der Waals surface area contributed by atoms with Crippen molar-refractivity contribution in [1.29, 1.82) is 0 Å². The SMILES string of the molecule is COc1ccc(-c2nnc(SCCC(N)=O)o2)cc1OC. The van der Waals surface area contributed by atoms with Crippen molar-refractivity contribution in [3.8, 4) is 23.0 Å². The van der Waals surface area contributed by atoms with E-state index in [9.17, 15) is 4.79 Å². The van der Waals surface area contributed by atoms with Gasteiger partial charge in [0.25, 0.3) is 5.22 Å². The summed E-state index contributed by atoms with van der Waals surface area (Å²) in [6.07, 6.45) is 0.263. The summed E-state index contributed by atoms with van der Waals surface area (Å²) >= 11 is 1.28. The first-order valence-corrected chi connectivity index (χ1v) is 7.09. The minimum atomic E-state index is -0.359. The van der Waals surface area contributed by atoms with Crippen molar-refractivity contribution in [2.45, 2.75) is 11.6 Å². The summed E-state index contributed by atoms with van der Waals surface area (Å²) in [6, 6.07) is 5.31. The summed E-state index contributed by atoms with van der Waals surface area (Å²) in [5.74, 6) is 1.72. The zero-order valence-electron chi connectivity index (χ0n) is 11.7. The molecule has 112 valence electrons. The van der Waals surface area contributed by atoms with Crippen molar-refractivity contribution in [3.05, 3.63) is 18.2 Å². The Morgan fingerprint density at radius 2 is 2.05 bits per heavy atom. The molecule has 0 saturated carbocycles. The van der Waals surface area contributed by atoms with E-state index in [0.29, 0.717) is 28.4 Å². The van der Waals surface area contributed by atoms with E-state index in [4.69, 9.17) is 19.6 Å². The molecule has 2 N–H and O–H groups in total. The van der Waals surface area contributed by atoms with Crippen LogP contribution in [-0.4, -0.2) is 36.1 Å². The van der Waals surface area contributed by atoms with E-state index in [1.807, 2.05) is 0 Å². The van der Waals surface area contributed by atoms with Crippen LogP contribution in [0.1, 0.15) is 6.42 Å². The smallest absolute Gasteiger partial charge is 0.276 e. The van der Waals surface area contributed by atoms with Gasteiger partial charge in [0.05, 0.1) is 14.2 Å². The first-order chi connectivity index (χ1) is 10.1. The molecule has 8 heteroatoms. The van der Waals surface area contributed by atoms with Crippen LogP contribution in [0.15, 0.2) is 27.8 Å². The Morgan fingerprint density at radius 3 is 2.71 bits per heavy atom. The molecular formula is C13H15N3O4S. The fraction of sp³-hybridized carbons (Fsp3) is 0.308. The van der Waals surface area contributed by atoms with Gasteiger partial charge in [0.2, 0.25) is 11.8 Å². The Morgan fingerprint density at radius 1 is 1.29 bits per heavy atom. The third-order valence-corrected chi connectivity index (χ3v) is 3.43. The van der Waals surface area contributed by atoms with E-state index in [1.165, 1.54) is 11.8 Å². The summed E-state index contributed by atoms with van der Waals surface area (Å²) < 4.78 is 15.9. The monoisotopic (exact) mass is 309 g/mol. The normalized spacial score (nSPS) is 10.4. The number of rotatable bonds is 7. The number of nitrogens with two attached hydrogens (primary N) is 1. The van der Waals surface area contributed by atoms with Crippen molar-refractivity contribution in [1.82, 2.24) is 10.2 Å². The summed E-state index contributed by atoms with van der Waals surface area (Å²) in [7, 11) is 3.12. The molecule has 2 rings (SSSR count). The fourth-order valence-corrected chi connectivity index (χ4v) is 2.31. The van der Waals surface area contributed by atoms with Gasteiger partial charge in [-0.05, 0) is 18.2 Å². The molecule has 0 unspecified atom stereocenters. The predicted octanol–water partition coefficient (Wildman–Crippen LogP) is 1.72. The lowest BCUT2D eigenvalue weighted by Crippen LogP contribution is -2.10. The number of hydrogen-bond acceptors (Lipinski definition) is 7. The molecule has 0 aliphatic carbocycles. The Kier molecular flexibility index (Phi) is 5.04. The highest BCUT2D eigenvalue weighted by atomic mass is 32.2. The zero-order chi connectivity index (χ0) is 15.2. The average molecular weight is 309 g/mol. The minimum Gasteiger partial charge on any atom is -0.493 e. The van der Waals surface area contributed by atoms with Crippen LogP contribution in [0.3, 0.4) is 0 Å². The highest BCUT2D eigenvalue weighted by Gasteiger charge is 2.12. The number of amides is 1. The maximum atomic E-state index is 10.7. The molecule has 0 saturated heterocycles. The molecular weight excluding hydrogens is 294 g/mol. The molecule has 0 radical (unpaired) electrons. The van der Waals surface area contributed by atoms with Gasteiger partial charge in [-0.25, -0.2) is 0 Å². The molecule has 0 atom stereocenters. The Labute approximate surface area is 125 Å². The number of hydrogen-bond donors (Lipinski definition) is 1. The van der Waals surface area contributed by atoms with Crippen LogP contribution in [0.5, 0.6) is 11.5 Å². The van der Waals surface area contributed by atoms with Crippen molar-refractivity contribution >= 4 is 17.7 Å². The summed E-state index contributed by atoms with van der Waals surface area (Å²) in [5.41, 5.74) is 5.79. The predicted molar refractivity (Wildman–Crippen MR) is 77.4 cm³/mol. The number of benzene rings is 1. The zero-order valence-corrected chi connectivity index (χ0v) is 12.5. The first-order valence-electron chi connectivity index (χ1n) is 6.11. The Hall–Kier alpha value is -2.22. The topological polar surface area (TPSA) is 100 Å². The molecule has 1 aromatic heterocycles. The maximum Gasteiger partial charge on any atom is 0.276 e. The summed E-state index contributed by atoms with van der Waals surface area (Å²) in [4.78, 5) is 10.7. The van der Waals surface area contributed by atoms with Crippen molar-refractivity contribution in [3.63, 3.8) is 0 Å². The molecule has 0 aliphatic rings. The van der Waals surface area contributed by atoms with Crippen LogP contribution >= 0.6 is 11.8 Å². The number of carbonyl (C=O) groups excluding carboxylic acids is 1. The molecule has 7 nitrogen and oxygen atoms in total. The highest BCUT2D eigenvalue weighted by Crippen LogP contribution is 2.32. The van der Waals surface area contributed by atoms with Crippen LogP contribution in [0.25, 0.3) is 11.5 Å². The number of aromatic nitrogens is 2. The second-order valence-electron chi connectivity index (χ2n) is 4.01. The third kappa shape index (κ3) is 3.88. The maximum absolute atomic E-state index is 10.7. The molecule has 0 bridgehead atoms. The number of ether oxygens (including phenoxy) is 2. The van der Waals surface area contributed by atoms with E-state index in [2.05, 4.69) is 10.2 Å². The number of primary amides is 1. The van der Waals surface area contributed by atoms with E-state index >= 15 is 0 Å². The fourth-order valence-electron chi connectivity index (χ4n) is 1.59. The van der Waals surface area contributed by atoms with Gasteiger partial charge in [0.1, 0.15) is 0 Å². The first kappa shape index (κ1) is 15.2. The van der Waals surface area contributed by atoms with Gasteiger partial charge in [-0.3, -0.25) is 4.79 Å². The van der Waals surface area contributed by atoms with Gasteiger partial charge in [0.15, 0.2) is 11.5 Å². The van der Waals surface area contributed by atoms with Gasteiger partial charge >= 0.3 is 0 Å². The number of methoxy groups -OCH3 is 2. The third-order valence-electron chi connectivity index (χ3n) is 2.61. The van der Waals surface area contributed by atoms with Crippen LogP contribution in [0.2, 0.25) is 0 Å². The molecule has 1 aromatic carbocycles. The molecule has 0 aliphatic heterocycles. The van der Waals surface area contributed by atoms with Gasteiger partial charge in [-0.2, -0.15) is 0 Å². The van der Waals surface area contributed by atoms with Crippen molar-refractivity contribution in [2.75, 3.05) is 20.0 Å². The number of thioether (sulfide) groups is 1. The molecule has 1 heterocycles. The average Bonchev–Trinajstić information content (AvgIpc) is 2.95. The summed E-state index contributed by atoms with van der Waals surface area (Å²) in [5, 5.41) is 8.26. The highest BCUT2D eigenvalue weighted by molar-refractivity contribution is 7.99. The molecule has 0 fully saturated rings. The van der Waals surface area contributed by atoms with Gasteiger partial charge < -0.3 is 19.6 Å². The lowest BCUT2D eigenvalue weighted by atomic mass is 10.2. The molecule has 0 spiro atoms. The van der Waals surface area contributed by atoms with Crippen LogP contribution in [-0.2, 0) is 4.79 Å². The summed E-state index contributed by atoms with van der Waals surface area (Å²) in [6.45, 7) is 0. The van der Waals surface area contributed by atoms with Crippen LogP contribution in [0, 0.1) is 0 Å². The lowest BCUT2D eigenvalue weighted by molar-refractivity contribution is -0.117. The number of nitrogens with zero attached hydrogens (tertiary/aromatic N) is 2. The van der Waals surface area contributed by atoms with Crippen LogP contribution in [0.4, 0.5) is 0 Å². The minimum absolute atomic E-state index is 0.263. The second-order valence-corrected chi connectivity index (χ2v) is 5.05. The van der Waals surface area contributed by atoms with Crippen molar-refractivity contribution in [2.24, 2.45) is 5.73 Å². The lowest BCUT2D eigenvalue weighted by Gasteiger charge is -2.07. The Balaban J connectivity index is 2.12. The molecule has 2 aromatic rings. The largest absolute Gasteiger partial charge is 0.493 e. The molecule has 21 heavy (non-hydrogen) atoms. The van der Waals surface area contributed by atoms with Crippen LogP contribution < -0.4 is 15.2 Å². The Bertz CT molecular complexity index is 630. The van der Waals surface area contributed by atoms with Gasteiger partial charge in [0, 0.05) is 17.7 Å². The van der Waals surface area contributed by atoms with E-state index < -0.39 is 0 Å². The quantitative estimate of drug-likeness (QED) is 0.777. The van der Waals surface area contributed by atoms with E-state index in [-0.39, 0.29) is 12.3 Å². The second kappa shape index (κ2) is 6.98. The number of carbonyl (C=O) groups is 1. The van der Waals surface area contributed by atoms with E-state index in [0.717, 1.165) is 5.56 Å². The van der Waals surface area contributed by atoms with Crippen molar-refractivity contribution < 1.29 is 18.7 Å². The van der Waals surface area contributed by atoms with E-state index in [1.54, 1.807) is 32.4 Å². The standard InChI is InChI=1S/C13H15N3O4S/c1-18-9-4-3-8(7-10(9)19-2)12-15-16-13(20-12)21-6-5-11(14)17/h3-4,7H,5-6H2,1-2H3,(H2,14,17). The molecule has 1 amide bonds. The van der Waals surface area contributed by atoms with Gasteiger partial charge in [-0.15, -0.1) is 10.2 Å². The van der Waals surface area contributed by atoms with Gasteiger partial charge in [-0.1, -0.05) is 11.8 Å².